The summed E-state index contributed by atoms with van der Waals surface area (Å²) >= 11 is 3.45. The average Bonchev–Trinajstić information content (AvgIpc) is 2.43. The average molecular weight is 444 g/mol. The summed E-state index contributed by atoms with van der Waals surface area (Å²) in [6, 6.07) is 8.01. The lowest BCUT2D eigenvalue weighted by Crippen LogP contribution is -2.50. The number of likely N-dealkylation sites (N-methyl/N-ethyl adjacent to an activating group) is 1. The summed E-state index contributed by atoms with van der Waals surface area (Å²) < 4.78 is 13.1. The van der Waals surface area contributed by atoms with Crippen LogP contribution in [0.1, 0.15) is 41.5 Å². The molecule has 4 nitrogen and oxygen atoms in total. The molecule has 0 N–H and O–H groups in total. The van der Waals surface area contributed by atoms with Crippen LogP contribution in [0.25, 0.3) is 0 Å². The number of hydrogen-bond acceptors (Lipinski definition) is 4. The molecule has 6 heteroatoms. The number of esters is 1. The fourth-order valence-corrected chi connectivity index (χ4v) is 3.61. The first-order valence-corrected chi connectivity index (χ1v) is 12.7. The fourth-order valence-electron chi connectivity index (χ4n) is 2.11. The van der Waals surface area contributed by atoms with Crippen LogP contribution in [-0.4, -0.2) is 39.6 Å². The largest absolute Gasteiger partial charge is 0.458 e. The standard InChI is InChI=1S/C20H34BrNO3Si/c1-19(2,3)24-18(23)17(25-26(8,9)20(4,5)6)14-22(7)16-12-10-15(21)11-13-16/h10-13,17H,14H2,1-9H3. The SMILES string of the molecule is CN(CC(O[Si](C)(C)C(C)(C)C)C(=O)OC(C)(C)C)c1ccc(Br)cc1. The highest BCUT2D eigenvalue weighted by Gasteiger charge is 2.42. The van der Waals surface area contributed by atoms with Gasteiger partial charge in [0.1, 0.15) is 5.60 Å². The van der Waals surface area contributed by atoms with Gasteiger partial charge in [-0.05, 0) is 63.2 Å². The minimum atomic E-state index is -2.12. The third-order valence-corrected chi connectivity index (χ3v) is 9.63. The van der Waals surface area contributed by atoms with E-state index in [1.54, 1.807) is 0 Å². The van der Waals surface area contributed by atoms with E-state index in [9.17, 15) is 4.79 Å². The van der Waals surface area contributed by atoms with Crippen molar-refractivity contribution < 1.29 is 14.0 Å². The zero-order valence-corrected chi connectivity index (χ0v) is 20.2. The molecule has 1 unspecified atom stereocenters. The third-order valence-electron chi connectivity index (χ3n) is 4.62. The zero-order valence-electron chi connectivity index (χ0n) is 17.6. The van der Waals surface area contributed by atoms with Crippen LogP contribution >= 0.6 is 15.9 Å². The van der Waals surface area contributed by atoms with Crippen molar-refractivity contribution in [2.24, 2.45) is 0 Å². The lowest BCUT2D eigenvalue weighted by Gasteiger charge is -2.40. The first kappa shape index (κ1) is 23.2. The lowest BCUT2D eigenvalue weighted by atomic mass is 10.2. The van der Waals surface area contributed by atoms with Gasteiger partial charge in [-0.25, -0.2) is 4.79 Å². The van der Waals surface area contributed by atoms with Crippen molar-refractivity contribution >= 4 is 35.9 Å². The van der Waals surface area contributed by atoms with Crippen molar-refractivity contribution in [3.63, 3.8) is 0 Å². The Hall–Kier alpha value is -0.853. The van der Waals surface area contributed by atoms with Gasteiger partial charge in [0, 0.05) is 17.2 Å². The number of carbonyl (C=O) groups is 1. The number of anilines is 1. The van der Waals surface area contributed by atoms with Crippen molar-refractivity contribution in [1.29, 1.82) is 0 Å². The van der Waals surface area contributed by atoms with E-state index in [0.717, 1.165) is 10.2 Å². The number of halogens is 1. The minimum Gasteiger partial charge on any atom is -0.458 e. The Balaban J connectivity index is 3.03. The van der Waals surface area contributed by atoms with Crippen molar-refractivity contribution in [3.05, 3.63) is 28.7 Å². The van der Waals surface area contributed by atoms with Crippen LogP contribution in [0.4, 0.5) is 5.69 Å². The predicted octanol–water partition coefficient (Wildman–Crippen LogP) is 5.62. The number of benzene rings is 1. The molecular formula is C20H34BrNO3Si. The van der Waals surface area contributed by atoms with Crippen LogP contribution in [0.2, 0.25) is 18.1 Å². The molecule has 1 rings (SSSR count). The van der Waals surface area contributed by atoms with Gasteiger partial charge in [-0.3, -0.25) is 0 Å². The maximum atomic E-state index is 12.8. The van der Waals surface area contributed by atoms with Gasteiger partial charge in [0.15, 0.2) is 14.4 Å². The van der Waals surface area contributed by atoms with E-state index in [1.807, 2.05) is 57.0 Å². The van der Waals surface area contributed by atoms with E-state index >= 15 is 0 Å². The molecule has 0 aliphatic carbocycles. The predicted molar refractivity (Wildman–Crippen MR) is 115 cm³/mol. The van der Waals surface area contributed by atoms with Gasteiger partial charge in [0.2, 0.25) is 0 Å². The maximum absolute atomic E-state index is 12.8. The molecule has 1 atom stereocenters. The highest BCUT2D eigenvalue weighted by Crippen LogP contribution is 2.37. The highest BCUT2D eigenvalue weighted by molar-refractivity contribution is 9.10. The molecular weight excluding hydrogens is 410 g/mol. The first-order chi connectivity index (χ1) is 11.6. The van der Waals surface area contributed by atoms with Crippen molar-refractivity contribution in [1.82, 2.24) is 0 Å². The van der Waals surface area contributed by atoms with Crippen LogP contribution in [0.15, 0.2) is 28.7 Å². The molecule has 0 bridgehead atoms. The Morgan fingerprint density at radius 2 is 1.62 bits per heavy atom. The normalized spacial score (nSPS) is 14.1. The summed E-state index contributed by atoms with van der Waals surface area (Å²) in [5.74, 6) is -0.300. The lowest BCUT2D eigenvalue weighted by molar-refractivity contribution is -0.163. The smallest absolute Gasteiger partial charge is 0.336 e. The van der Waals surface area contributed by atoms with Crippen LogP contribution in [0, 0.1) is 0 Å². The van der Waals surface area contributed by atoms with Gasteiger partial charge < -0.3 is 14.1 Å². The van der Waals surface area contributed by atoms with Gasteiger partial charge in [0.05, 0.1) is 6.54 Å². The van der Waals surface area contributed by atoms with Gasteiger partial charge in [-0.1, -0.05) is 36.7 Å². The molecule has 1 aromatic carbocycles. The maximum Gasteiger partial charge on any atom is 0.336 e. The van der Waals surface area contributed by atoms with Gasteiger partial charge in [0.25, 0.3) is 0 Å². The molecule has 0 aromatic heterocycles. The Morgan fingerprint density at radius 1 is 1.12 bits per heavy atom. The molecule has 1 aromatic rings. The number of nitrogens with zero attached hydrogens (tertiary/aromatic N) is 1. The molecule has 0 saturated heterocycles. The third kappa shape index (κ3) is 7.04. The summed E-state index contributed by atoms with van der Waals surface area (Å²) in [6.45, 7) is 16.9. The summed E-state index contributed by atoms with van der Waals surface area (Å²) in [4.78, 5) is 14.9. The topological polar surface area (TPSA) is 38.8 Å². The van der Waals surface area contributed by atoms with Crippen molar-refractivity contribution in [2.45, 2.75) is 71.4 Å². The van der Waals surface area contributed by atoms with E-state index < -0.39 is 20.0 Å². The molecule has 148 valence electrons. The molecule has 0 fully saturated rings. The second kappa shape index (κ2) is 8.44. The van der Waals surface area contributed by atoms with E-state index in [1.165, 1.54) is 0 Å². The van der Waals surface area contributed by atoms with Crippen LogP contribution in [-0.2, 0) is 14.0 Å². The second-order valence-corrected chi connectivity index (χ2v) is 14.9. The van der Waals surface area contributed by atoms with E-state index in [-0.39, 0.29) is 11.0 Å². The Morgan fingerprint density at radius 3 is 2.04 bits per heavy atom. The number of ether oxygens (including phenoxy) is 1. The molecule has 0 amide bonds. The molecule has 26 heavy (non-hydrogen) atoms. The Bertz CT molecular complexity index is 603. The number of carbonyl (C=O) groups excluding carboxylic acids is 1. The summed E-state index contributed by atoms with van der Waals surface area (Å²) in [5.41, 5.74) is 0.489. The number of hydrogen-bond donors (Lipinski definition) is 0. The van der Waals surface area contributed by atoms with Crippen LogP contribution < -0.4 is 4.90 Å². The fraction of sp³-hybridized carbons (Fsp3) is 0.650. The monoisotopic (exact) mass is 443 g/mol. The Labute approximate surface area is 168 Å². The van der Waals surface area contributed by atoms with Crippen molar-refractivity contribution in [3.8, 4) is 0 Å². The Kier molecular flexibility index (Phi) is 7.53. The molecule has 0 radical (unpaired) electrons. The van der Waals surface area contributed by atoms with Gasteiger partial charge >= 0.3 is 5.97 Å². The summed E-state index contributed by atoms with van der Waals surface area (Å²) in [6.07, 6.45) is -0.622. The van der Waals surface area contributed by atoms with E-state index in [2.05, 4.69) is 49.8 Å². The van der Waals surface area contributed by atoms with E-state index in [0.29, 0.717) is 6.54 Å². The first-order valence-electron chi connectivity index (χ1n) is 9.00. The highest BCUT2D eigenvalue weighted by atomic mass is 79.9. The van der Waals surface area contributed by atoms with Gasteiger partial charge in [-0.15, -0.1) is 0 Å². The molecule has 0 aliphatic heterocycles. The zero-order chi connectivity index (χ0) is 20.3. The van der Waals surface area contributed by atoms with E-state index in [4.69, 9.17) is 9.16 Å². The summed E-state index contributed by atoms with van der Waals surface area (Å²) in [5, 5.41) is 0.0173. The molecule has 0 saturated carbocycles. The number of rotatable bonds is 6. The van der Waals surface area contributed by atoms with Crippen LogP contribution in [0.5, 0.6) is 0 Å². The van der Waals surface area contributed by atoms with Crippen molar-refractivity contribution in [2.75, 3.05) is 18.5 Å². The van der Waals surface area contributed by atoms with Crippen LogP contribution in [0.3, 0.4) is 0 Å². The molecule has 0 spiro atoms. The minimum absolute atomic E-state index is 0.0173. The second-order valence-electron chi connectivity index (χ2n) is 9.26. The quantitative estimate of drug-likeness (QED) is 0.422. The molecule has 0 aliphatic rings. The summed E-state index contributed by atoms with van der Waals surface area (Å²) in [7, 11) is -0.150. The van der Waals surface area contributed by atoms with Gasteiger partial charge in [-0.2, -0.15) is 0 Å². The molecule has 0 heterocycles.